The number of carbonyl (C=O) groups excluding carboxylic acids is 1. The summed E-state index contributed by atoms with van der Waals surface area (Å²) in [6.07, 6.45) is 5.72. The van der Waals surface area contributed by atoms with Gasteiger partial charge in [-0.2, -0.15) is 5.26 Å². The molecule has 0 bridgehead atoms. The predicted octanol–water partition coefficient (Wildman–Crippen LogP) is 3.39. The van der Waals surface area contributed by atoms with Gasteiger partial charge in [0.15, 0.2) is 0 Å². The van der Waals surface area contributed by atoms with Crippen molar-refractivity contribution in [2.24, 2.45) is 0 Å². The second-order valence-corrected chi connectivity index (χ2v) is 5.10. The van der Waals surface area contributed by atoms with Crippen LogP contribution >= 0.6 is 15.9 Å². The summed E-state index contributed by atoms with van der Waals surface area (Å²) in [5.41, 5.74) is 1.69. The molecule has 4 nitrogen and oxygen atoms in total. The zero-order valence-corrected chi connectivity index (χ0v) is 12.6. The number of rotatable bonds is 4. The Bertz CT molecular complexity index is 710. The normalized spacial score (nSPS) is 10.8. The number of esters is 1. The molecule has 0 aliphatic heterocycles. The van der Waals surface area contributed by atoms with E-state index >= 15 is 0 Å². The summed E-state index contributed by atoms with van der Waals surface area (Å²) >= 11 is 3.50. The van der Waals surface area contributed by atoms with Crippen molar-refractivity contribution >= 4 is 32.8 Å². The molecule has 102 valence electrons. The van der Waals surface area contributed by atoms with E-state index in [-0.39, 0.29) is 12.6 Å². The lowest BCUT2D eigenvalue weighted by Crippen LogP contribution is -1.98. The van der Waals surface area contributed by atoms with Crippen LogP contribution in [0.3, 0.4) is 0 Å². The Labute approximate surface area is 125 Å². The maximum absolute atomic E-state index is 10.6. The largest absolute Gasteiger partial charge is 0.462 e. The van der Waals surface area contributed by atoms with Gasteiger partial charge in [0.2, 0.25) is 0 Å². The van der Waals surface area contributed by atoms with Crippen LogP contribution in [-0.2, 0) is 16.1 Å². The summed E-state index contributed by atoms with van der Waals surface area (Å²) in [5, 5.41) is 9.93. The van der Waals surface area contributed by atoms with Crippen LogP contribution in [0.15, 0.2) is 41.0 Å². The van der Waals surface area contributed by atoms with Gasteiger partial charge in [-0.1, -0.05) is 6.08 Å². The molecule has 0 saturated carbocycles. The molecule has 1 heterocycles. The summed E-state index contributed by atoms with van der Waals surface area (Å²) in [5.74, 6) is -0.284. The summed E-state index contributed by atoms with van der Waals surface area (Å²) in [4.78, 5) is 10.6. The van der Waals surface area contributed by atoms with Gasteiger partial charge >= 0.3 is 5.97 Å². The average molecular weight is 333 g/mol. The monoisotopic (exact) mass is 332 g/mol. The second-order valence-electron chi connectivity index (χ2n) is 4.25. The van der Waals surface area contributed by atoms with Crippen molar-refractivity contribution in [2.75, 3.05) is 6.61 Å². The fourth-order valence-electron chi connectivity index (χ4n) is 1.90. The average Bonchev–Trinajstić information content (AvgIpc) is 2.74. The van der Waals surface area contributed by atoms with Gasteiger partial charge in [-0.05, 0) is 40.2 Å². The van der Waals surface area contributed by atoms with Crippen molar-refractivity contribution in [1.82, 2.24) is 4.57 Å². The molecule has 1 aromatic carbocycles. The number of hydrogen-bond donors (Lipinski definition) is 0. The smallest absolute Gasteiger partial charge is 0.302 e. The molecule has 1 aromatic heterocycles. The molecule has 0 saturated heterocycles. The molecule has 2 rings (SSSR count). The molecule has 0 N–H and O–H groups in total. The van der Waals surface area contributed by atoms with Crippen molar-refractivity contribution < 1.29 is 9.53 Å². The zero-order valence-electron chi connectivity index (χ0n) is 11.0. The van der Waals surface area contributed by atoms with Gasteiger partial charge < -0.3 is 9.30 Å². The van der Waals surface area contributed by atoms with Crippen LogP contribution in [0.4, 0.5) is 0 Å². The Hall–Kier alpha value is -2.06. The lowest BCUT2D eigenvalue weighted by atomic mass is 10.2. The van der Waals surface area contributed by atoms with Gasteiger partial charge in [0.25, 0.3) is 0 Å². The first-order chi connectivity index (χ1) is 9.61. The highest BCUT2D eigenvalue weighted by Gasteiger charge is 2.06. The van der Waals surface area contributed by atoms with E-state index in [0.717, 1.165) is 15.4 Å². The number of allylic oxidation sites excluding steroid dienone is 1. The van der Waals surface area contributed by atoms with Gasteiger partial charge in [-0.15, -0.1) is 0 Å². The fourth-order valence-corrected chi connectivity index (χ4v) is 2.46. The Morgan fingerprint density at radius 2 is 2.30 bits per heavy atom. The zero-order chi connectivity index (χ0) is 14.5. The fraction of sp³-hybridized carbons (Fsp3) is 0.200. The van der Waals surface area contributed by atoms with E-state index in [0.29, 0.717) is 12.1 Å². The van der Waals surface area contributed by atoms with Crippen LogP contribution in [-0.4, -0.2) is 17.1 Å². The summed E-state index contributed by atoms with van der Waals surface area (Å²) in [6.45, 7) is 2.35. The van der Waals surface area contributed by atoms with Crippen LogP contribution in [0.25, 0.3) is 10.9 Å². The molecule has 0 unspecified atom stereocenters. The first-order valence-corrected chi connectivity index (χ1v) is 6.88. The topological polar surface area (TPSA) is 55.0 Å². The molecule has 5 heteroatoms. The maximum Gasteiger partial charge on any atom is 0.302 e. The minimum absolute atomic E-state index is 0.284. The second kappa shape index (κ2) is 6.40. The van der Waals surface area contributed by atoms with Crippen molar-refractivity contribution in [3.63, 3.8) is 0 Å². The van der Waals surface area contributed by atoms with E-state index in [2.05, 4.69) is 26.6 Å². The van der Waals surface area contributed by atoms with E-state index in [1.165, 1.54) is 6.92 Å². The SMILES string of the molecule is CC(=O)OC/C=C/Cn1cc(Br)c2cc(C#N)ccc21. The Kier molecular flexibility index (Phi) is 4.59. The first kappa shape index (κ1) is 14.4. The van der Waals surface area contributed by atoms with E-state index in [1.54, 1.807) is 6.07 Å². The Morgan fingerprint density at radius 1 is 1.50 bits per heavy atom. The molecule has 20 heavy (non-hydrogen) atoms. The quantitative estimate of drug-likeness (QED) is 0.637. The van der Waals surface area contributed by atoms with Crippen LogP contribution in [0.2, 0.25) is 0 Å². The number of fused-ring (bicyclic) bond motifs is 1. The molecular weight excluding hydrogens is 320 g/mol. The van der Waals surface area contributed by atoms with Crippen molar-refractivity contribution in [2.45, 2.75) is 13.5 Å². The molecule has 0 fully saturated rings. The Morgan fingerprint density at radius 3 is 3.00 bits per heavy atom. The molecule has 0 amide bonds. The number of nitrogens with zero attached hydrogens (tertiary/aromatic N) is 2. The molecule has 2 aromatic rings. The van der Waals surface area contributed by atoms with Gasteiger partial charge in [0.1, 0.15) is 6.61 Å². The number of carbonyl (C=O) groups is 1. The summed E-state index contributed by atoms with van der Waals surface area (Å²) < 4.78 is 7.84. The Balaban J connectivity index is 2.15. The number of halogens is 1. The molecular formula is C15H13BrN2O2. The minimum atomic E-state index is -0.284. The number of aromatic nitrogens is 1. The lowest BCUT2D eigenvalue weighted by molar-refractivity contribution is -0.139. The first-order valence-electron chi connectivity index (χ1n) is 6.08. The molecule has 0 aliphatic rings. The molecule has 0 spiro atoms. The predicted molar refractivity (Wildman–Crippen MR) is 80.1 cm³/mol. The highest BCUT2D eigenvalue weighted by atomic mass is 79.9. The van der Waals surface area contributed by atoms with Gasteiger partial charge in [0.05, 0.1) is 11.6 Å². The van der Waals surface area contributed by atoms with Crippen LogP contribution in [0.1, 0.15) is 12.5 Å². The van der Waals surface area contributed by atoms with Gasteiger partial charge in [-0.3, -0.25) is 4.79 Å². The third-order valence-corrected chi connectivity index (χ3v) is 3.45. The highest BCUT2D eigenvalue weighted by Crippen LogP contribution is 2.27. The van der Waals surface area contributed by atoms with Crippen LogP contribution < -0.4 is 0 Å². The van der Waals surface area contributed by atoms with E-state index in [4.69, 9.17) is 10.00 Å². The maximum atomic E-state index is 10.6. The van der Waals surface area contributed by atoms with Crippen LogP contribution in [0, 0.1) is 11.3 Å². The molecule has 0 aliphatic carbocycles. The highest BCUT2D eigenvalue weighted by molar-refractivity contribution is 9.10. The van der Waals surface area contributed by atoms with E-state index < -0.39 is 0 Å². The van der Waals surface area contributed by atoms with Crippen molar-refractivity contribution in [3.8, 4) is 6.07 Å². The van der Waals surface area contributed by atoms with E-state index in [9.17, 15) is 4.79 Å². The number of nitriles is 1. The number of ether oxygens (including phenoxy) is 1. The van der Waals surface area contributed by atoms with Crippen molar-refractivity contribution in [3.05, 3.63) is 46.6 Å². The molecule has 0 radical (unpaired) electrons. The minimum Gasteiger partial charge on any atom is -0.462 e. The number of benzene rings is 1. The summed E-state index contributed by atoms with van der Waals surface area (Å²) in [7, 11) is 0. The third-order valence-electron chi connectivity index (χ3n) is 2.81. The van der Waals surface area contributed by atoms with Crippen molar-refractivity contribution in [1.29, 1.82) is 5.26 Å². The van der Waals surface area contributed by atoms with E-state index in [1.807, 2.05) is 30.5 Å². The standard InChI is InChI=1S/C15H13BrN2O2/c1-11(19)20-7-3-2-6-18-10-14(16)13-8-12(9-17)4-5-15(13)18/h2-5,8,10H,6-7H2,1H3/b3-2+. The van der Waals surface area contributed by atoms with Gasteiger partial charge in [0, 0.05) is 35.0 Å². The molecule has 0 atom stereocenters. The van der Waals surface area contributed by atoms with Gasteiger partial charge in [-0.25, -0.2) is 0 Å². The lowest BCUT2D eigenvalue weighted by Gasteiger charge is -2.01. The van der Waals surface area contributed by atoms with Crippen LogP contribution in [0.5, 0.6) is 0 Å². The summed E-state index contributed by atoms with van der Waals surface area (Å²) in [6, 6.07) is 7.72. The third kappa shape index (κ3) is 3.28. The number of hydrogen-bond acceptors (Lipinski definition) is 3.